The van der Waals surface area contributed by atoms with Gasteiger partial charge < -0.3 is 4.90 Å². The van der Waals surface area contributed by atoms with Crippen molar-refractivity contribution < 1.29 is 9.18 Å². The van der Waals surface area contributed by atoms with Crippen LogP contribution >= 0.6 is 15.9 Å². The number of hydrogen-bond acceptors (Lipinski definition) is 4. The van der Waals surface area contributed by atoms with Crippen molar-refractivity contribution in [2.45, 2.75) is 45.1 Å². The number of nitrogens with zero attached hydrogens (tertiary/aromatic N) is 5. The lowest BCUT2D eigenvalue weighted by molar-refractivity contribution is -0.133. The zero-order valence-corrected chi connectivity index (χ0v) is 24.1. The summed E-state index contributed by atoms with van der Waals surface area (Å²) in [4.78, 5) is 24.7. The molecule has 0 N–H and O–H groups in total. The van der Waals surface area contributed by atoms with Gasteiger partial charge in [-0.05, 0) is 90.2 Å². The highest BCUT2D eigenvalue weighted by Crippen LogP contribution is 2.27. The van der Waals surface area contributed by atoms with E-state index < -0.39 is 0 Å². The van der Waals surface area contributed by atoms with Gasteiger partial charge in [-0.1, -0.05) is 49.1 Å². The molecular weight excluding hydrogens is 569 g/mol. The molecule has 6 nitrogen and oxygen atoms in total. The Hall–Kier alpha value is -3.65. The number of halogens is 2. The Kier molecular flexibility index (Phi) is 9.16. The van der Waals surface area contributed by atoms with Crippen LogP contribution in [0.4, 0.5) is 4.39 Å². The molecule has 0 radical (unpaired) electrons. The number of benzene rings is 2. The number of allylic oxidation sites excluding steroid dienone is 4. The summed E-state index contributed by atoms with van der Waals surface area (Å²) in [5.74, 6) is 1.36. The second kappa shape index (κ2) is 13.1. The van der Waals surface area contributed by atoms with E-state index in [-0.39, 0.29) is 18.3 Å². The molecule has 0 unspecified atom stereocenters. The summed E-state index contributed by atoms with van der Waals surface area (Å²) in [6.45, 7) is 5.39. The Morgan fingerprint density at radius 3 is 2.45 bits per heavy atom. The van der Waals surface area contributed by atoms with Crippen molar-refractivity contribution >= 4 is 34.1 Å². The predicted octanol–water partition coefficient (Wildman–Crippen LogP) is 7.44. The molecule has 0 bridgehead atoms. The summed E-state index contributed by atoms with van der Waals surface area (Å²) >= 11 is 3.53. The van der Waals surface area contributed by atoms with Crippen LogP contribution in [0, 0.1) is 11.7 Å². The van der Waals surface area contributed by atoms with Gasteiger partial charge >= 0.3 is 0 Å². The average molecular weight is 603 g/mol. The van der Waals surface area contributed by atoms with Gasteiger partial charge in [-0.2, -0.15) is 0 Å². The summed E-state index contributed by atoms with van der Waals surface area (Å²) < 4.78 is 16.2. The standard InChI is InChI=1S/C32H33BrFN5O/c1-2-23-7-10-26(11-8-23)32-36-31(25-12-14-28(34)15-13-25)37-39(32)22-30(40)38-19-17-24(18-20-38)9-16-29-6-4-3-5-27(33)21-35-29/h2,5-8,10-15,21,24H,1,3-4,9,16-20,22H2. The number of aromatic nitrogens is 3. The molecule has 1 fully saturated rings. The lowest BCUT2D eigenvalue weighted by Gasteiger charge is -2.32. The largest absolute Gasteiger partial charge is 0.341 e. The van der Waals surface area contributed by atoms with E-state index in [0.29, 0.717) is 23.1 Å². The van der Waals surface area contributed by atoms with E-state index in [1.165, 1.54) is 12.1 Å². The Bertz CT molecular complexity index is 1430. The predicted molar refractivity (Wildman–Crippen MR) is 162 cm³/mol. The number of piperidine rings is 1. The molecule has 3 heterocycles. The monoisotopic (exact) mass is 601 g/mol. The van der Waals surface area contributed by atoms with Crippen molar-refractivity contribution in [2.75, 3.05) is 13.1 Å². The van der Waals surface area contributed by atoms with Crippen LogP contribution in [0.1, 0.15) is 44.1 Å². The molecule has 3 aromatic rings. The minimum Gasteiger partial charge on any atom is -0.341 e. The minimum atomic E-state index is -0.318. The van der Waals surface area contributed by atoms with Crippen LogP contribution in [0.25, 0.3) is 28.9 Å². The van der Waals surface area contributed by atoms with Gasteiger partial charge in [-0.3, -0.25) is 9.79 Å². The van der Waals surface area contributed by atoms with E-state index in [0.717, 1.165) is 72.9 Å². The highest BCUT2D eigenvalue weighted by Gasteiger charge is 2.25. The van der Waals surface area contributed by atoms with E-state index in [1.54, 1.807) is 22.9 Å². The normalized spacial score (nSPS) is 16.2. The van der Waals surface area contributed by atoms with Crippen LogP contribution < -0.4 is 0 Å². The number of likely N-dealkylation sites (tertiary alicyclic amines) is 1. The maximum absolute atomic E-state index is 13.5. The second-order valence-electron chi connectivity index (χ2n) is 10.2. The van der Waals surface area contributed by atoms with Crippen LogP contribution in [-0.4, -0.2) is 44.9 Å². The topological polar surface area (TPSA) is 63.4 Å². The molecule has 0 atom stereocenters. The molecule has 0 saturated carbocycles. The van der Waals surface area contributed by atoms with E-state index in [1.807, 2.05) is 35.4 Å². The first-order chi connectivity index (χ1) is 19.5. The van der Waals surface area contributed by atoms with Crippen LogP contribution in [0.2, 0.25) is 0 Å². The molecule has 1 amide bonds. The van der Waals surface area contributed by atoms with Gasteiger partial charge in [0.25, 0.3) is 0 Å². The molecular formula is C32H33BrFN5O. The summed E-state index contributed by atoms with van der Waals surface area (Å²) in [7, 11) is 0. The van der Waals surface area contributed by atoms with Gasteiger partial charge in [0.15, 0.2) is 11.6 Å². The molecule has 2 aliphatic heterocycles. The fraction of sp³-hybridized carbons (Fsp3) is 0.312. The van der Waals surface area contributed by atoms with E-state index in [2.05, 4.69) is 44.8 Å². The maximum atomic E-state index is 13.5. The molecule has 40 heavy (non-hydrogen) atoms. The van der Waals surface area contributed by atoms with Crippen LogP contribution in [0.15, 0.2) is 82.4 Å². The smallest absolute Gasteiger partial charge is 0.244 e. The van der Waals surface area contributed by atoms with Gasteiger partial charge in [0.2, 0.25) is 5.91 Å². The average Bonchev–Trinajstić information content (AvgIpc) is 3.39. The van der Waals surface area contributed by atoms with Gasteiger partial charge in [0, 0.05) is 40.6 Å². The quantitative estimate of drug-likeness (QED) is 0.269. The fourth-order valence-electron chi connectivity index (χ4n) is 5.09. The van der Waals surface area contributed by atoms with Crippen molar-refractivity contribution in [3.05, 3.63) is 88.8 Å². The maximum Gasteiger partial charge on any atom is 0.244 e. The zero-order chi connectivity index (χ0) is 27.9. The van der Waals surface area contributed by atoms with Crippen molar-refractivity contribution in [3.8, 4) is 22.8 Å². The molecule has 2 aliphatic rings. The highest BCUT2D eigenvalue weighted by atomic mass is 79.9. The highest BCUT2D eigenvalue weighted by molar-refractivity contribution is 9.12. The van der Waals surface area contributed by atoms with E-state index in [4.69, 9.17) is 4.98 Å². The molecule has 5 rings (SSSR count). The first-order valence-electron chi connectivity index (χ1n) is 13.8. The van der Waals surface area contributed by atoms with E-state index >= 15 is 0 Å². The number of amides is 1. The molecule has 0 spiro atoms. The third-order valence-corrected chi connectivity index (χ3v) is 8.01. The van der Waals surface area contributed by atoms with Gasteiger partial charge in [-0.25, -0.2) is 14.1 Å². The SMILES string of the molecule is C=Cc1ccc(-c2nc(-c3ccc(F)cc3)nn2CC(=O)N2CCC(CCC3=CCCC=C(Br)C=N3)CC2)cc1. The van der Waals surface area contributed by atoms with Crippen molar-refractivity contribution in [3.63, 3.8) is 0 Å². The summed E-state index contributed by atoms with van der Waals surface area (Å²) in [6, 6.07) is 13.9. The number of carbonyl (C=O) groups excluding carboxylic acids is 1. The molecule has 1 aromatic heterocycles. The van der Waals surface area contributed by atoms with Gasteiger partial charge in [0.05, 0.1) is 0 Å². The van der Waals surface area contributed by atoms with Gasteiger partial charge in [0.1, 0.15) is 12.4 Å². The summed E-state index contributed by atoms with van der Waals surface area (Å²) in [6.07, 6.45) is 14.1. The number of hydrogen-bond donors (Lipinski definition) is 0. The number of aliphatic imine (C=N–C) groups is 1. The number of carbonyl (C=O) groups is 1. The minimum absolute atomic E-state index is 0.0296. The molecule has 2 aromatic carbocycles. The Balaban J connectivity index is 1.24. The molecule has 0 aliphatic carbocycles. The fourth-order valence-corrected chi connectivity index (χ4v) is 5.43. The van der Waals surface area contributed by atoms with Crippen molar-refractivity contribution in [2.24, 2.45) is 10.9 Å². The number of rotatable bonds is 8. The summed E-state index contributed by atoms with van der Waals surface area (Å²) in [5, 5.41) is 4.67. The first kappa shape index (κ1) is 27.9. The van der Waals surface area contributed by atoms with Gasteiger partial charge in [-0.15, -0.1) is 5.10 Å². The zero-order valence-electron chi connectivity index (χ0n) is 22.5. The summed E-state index contributed by atoms with van der Waals surface area (Å²) in [5.41, 5.74) is 3.70. The third-order valence-electron chi connectivity index (χ3n) is 7.48. The second-order valence-corrected chi connectivity index (χ2v) is 11.1. The molecule has 8 heteroatoms. The Morgan fingerprint density at radius 1 is 1.02 bits per heavy atom. The Labute approximate surface area is 243 Å². The molecule has 206 valence electrons. The first-order valence-corrected chi connectivity index (χ1v) is 14.6. The van der Waals surface area contributed by atoms with Crippen LogP contribution in [0.5, 0.6) is 0 Å². The van der Waals surface area contributed by atoms with Crippen LogP contribution in [-0.2, 0) is 11.3 Å². The van der Waals surface area contributed by atoms with Crippen molar-refractivity contribution in [1.82, 2.24) is 19.7 Å². The van der Waals surface area contributed by atoms with Crippen molar-refractivity contribution in [1.29, 1.82) is 0 Å². The third kappa shape index (κ3) is 7.10. The lowest BCUT2D eigenvalue weighted by Crippen LogP contribution is -2.40. The molecule has 1 saturated heterocycles. The lowest BCUT2D eigenvalue weighted by atomic mass is 9.91. The Morgan fingerprint density at radius 2 is 1.73 bits per heavy atom. The van der Waals surface area contributed by atoms with E-state index in [9.17, 15) is 9.18 Å². The van der Waals surface area contributed by atoms with Crippen LogP contribution in [0.3, 0.4) is 0 Å².